The molecule has 0 aromatic rings. The molecule has 0 aromatic heterocycles. The fraction of sp³-hybridized carbons (Fsp3) is 0.941. The predicted molar refractivity (Wildman–Crippen MR) is 86.7 cm³/mol. The van der Waals surface area contributed by atoms with Gasteiger partial charge in [-0.25, -0.2) is 0 Å². The molecule has 0 radical (unpaired) electrons. The molecule has 0 fully saturated rings. The van der Waals surface area contributed by atoms with Gasteiger partial charge in [0.05, 0.1) is 0 Å². The molecule has 19 heavy (non-hydrogen) atoms. The molecule has 0 aliphatic heterocycles. The lowest BCUT2D eigenvalue weighted by Gasteiger charge is -2.01. The Morgan fingerprint density at radius 3 is 1.42 bits per heavy atom. The summed E-state index contributed by atoms with van der Waals surface area (Å²) in [6.07, 6.45) is 16.7. The van der Waals surface area contributed by atoms with Gasteiger partial charge in [0.15, 0.2) is 0 Å². The van der Waals surface area contributed by atoms with Crippen molar-refractivity contribution in [2.45, 2.75) is 90.9 Å². The van der Waals surface area contributed by atoms with E-state index in [0.717, 1.165) is 25.7 Å². The van der Waals surface area contributed by atoms with Crippen LogP contribution in [0, 0.1) is 0 Å². The lowest BCUT2D eigenvalue weighted by atomic mass is 10.1. The van der Waals surface area contributed by atoms with Crippen LogP contribution in [0.1, 0.15) is 90.9 Å². The standard InChI is InChI=1S/C14H28O.C3H9N/c1-2-3-4-5-6-7-8-9-10-11-12-13-14-15;1-3-4-2/h14H,2-13H2,1H3;4H,3H2,1-2H3. The van der Waals surface area contributed by atoms with Crippen LogP contribution in [0.2, 0.25) is 0 Å². The topological polar surface area (TPSA) is 29.1 Å². The van der Waals surface area contributed by atoms with E-state index in [1.165, 1.54) is 64.2 Å². The van der Waals surface area contributed by atoms with Crippen LogP contribution in [-0.4, -0.2) is 19.9 Å². The quantitative estimate of drug-likeness (QED) is 0.372. The highest BCUT2D eigenvalue weighted by molar-refractivity contribution is 5.48. The number of aldehydes is 1. The van der Waals surface area contributed by atoms with E-state index in [1.807, 2.05) is 7.05 Å². The van der Waals surface area contributed by atoms with Crippen LogP contribution in [-0.2, 0) is 4.79 Å². The number of rotatable bonds is 13. The molecule has 116 valence electrons. The number of carbonyl (C=O) groups excluding carboxylic acids is 1. The van der Waals surface area contributed by atoms with E-state index in [-0.39, 0.29) is 0 Å². The van der Waals surface area contributed by atoms with Crippen molar-refractivity contribution in [2.24, 2.45) is 0 Å². The van der Waals surface area contributed by atoms with Crippen LogP contribution in [0.25, 0.3) is 0 Å². The summed E-state index contributed by atoms with van der Waals surface area (Å²) in [5.41, 5.74) is 0. The Labute approximate surface area is 121 Å². The van der Waals surface area contributed by atoms with Gasteiger partial charge in [0.1, 0.15) is 6.29 Å². The zero-order valence-corrected chi connectivity index (χ0v) is 13.7. The number of nitrogens with one attached hydrogen (secondary N) is 1. The summed E-state index contributed by atoms with van der Waals surface area (Å²) in [6.45, 7) is 5.40. The zero-order valence-electron chi connectivity index (χ0n) is 13.7. The summed E-state index contributed by atoms with van der Waals surface area (Å²) in [5, 5.41) is 2.93. The smallest absolute Gasteiger partial charge is 0.119 e. The maximum atomic E-state index is 10.1. The van der Waals surface area contributed by atoms with Crippen LogP contribution in [0.5, 0.6) is 0 Å². The second-order valence-corrected chi connectivity index (χ2v) is 5.20. The van der Waals surface area contributed by atoms with Gasteiger partial charge in [-0.05, 0) is 20.0 Å². The van der Waals surface area contributed by atoms with E-state index in [2.05, 4.69) is 19.2 Å². The number of carbonyl (C=O) groups is 1. The zero-order chi connectivity index (χ0) is 14.6. The van der Waals surface area contributed by atoms with Crippen LogP contribution in [0.4, 0.5) is 0 Å². The molecule has 0 saturated carbocycles. The second-order valence-electron chi connectivity index (χ2n) is 5.20. The van der Waals surface area contributed by atoms with E-state index in [0.29, 0.717) is 0 Å². The summed E-state index contributed by atoms with van der Waals surface area (Å²) < 4.78 is 0. The van der Waals surface area contributed by atoms with Crippen LogP contribution >= 0.6 is 0 Å². The van der Waals surface area contributed by atoms with Gasteiger partial charge in [-0.15, -0.1) is 0 Å². The summed E-state index contributed by atoms with van der Waals surface area (Å²) in [5.74, 6) is 0. The molecular weight excluding hydrogens is 234 g/mol. The minimum absolute atomic E-state index is 0.761. The van der Waals surface area contributed by atoms with Gasteiger partial charge in [0, 0.05) is 6.42 Å². The normalized spacial score (nSPS) is 9.84. The molecule has 0 aliphatic rings. The molecule has 0 saturated heterocycles. The van der Waals surface area contributed by atoms with Gasteiger partial charge in [0.2, 0.25) is 0 Å². The second kappa shape index (κ2) is 22.8. The molecule has 0 atom stereocenters. The van der Waals surface area contributed by atoms with Crippen LogP contribution in [0.3, 0.4) is 0 Å². The molecule has 2 heteroatoms. The Bertz CT molecular complexity index is 146. The molecule has 0 spiro atoms. The average Bonchev–Trinajstić information content (AvgIpc) is 2.45. The largest absolute Gasteiger partial charge is 0.320 e. The summed E-state index contributed by atoms with van der Waals surface area (Å²) in [4.78, 5) is 10.1. The minimum Gasteiger partial charge on any atom is -0.320 e. The highest BCUT2D eigenvalue weighted by Crippen LogP contribution is 2.11. The van der Waals surface area contributed by atoms with E-state index >= 15 is 0 Å². The van der Waals surface area contributed by atoms with Crippen molar-refractivity contribution in [1.29, 1.82) is 0 Å². The first-order chi connectivity index (χ1) is 9.33. The SMILES string of the molecule is CCCCCCCCCCCCCC=O.CCNC. The van der Waals surface area contributed by atoms with E-state index in [4.69, 9.17) is 0 Å². The fourth-order valence-electron chi connectivity index (χ4n) is 1.89. The predicted octanol–water partition coefficient (Wildman–Crippen LogP) is 5.11. The molecule has 0 amide bonds. The molecule has 0 heterocycles. The van der Waals surface area contributed by atoms with Crippen molar-refractivity contribution >= 4 is 6.29 Å². The monoisotopic (exact) mass is 271 g/mol. The number of hydrogen-bond donors (Lipinski definition) is 1. The Hall–Kier alpha value is -0.370. The molecule has 2 nitrogen and oxygen atoms in total. The first-order valence-corrected chi connectivity index (χ1v) is 8.41. The third-order valence-corrected chi connectivity index (χ3v) is 3.28. The van der Waals surface area contributed by atoms with Crippen LogP contribution < -0.4 is 5.32 Å². The third kappa shape index (κ3) is 27.0. The number of hydrogen-bond acceptors (Lipinski definition) is 2. The highest BCUT2D eigenvalue weighted by atomic mass is 16.1. The lowest BCUT2D eigenvalue weighted by Crippen LogP contribution is -2.01. The van der Waals surface area contributed by atoms with Gasteiger partial charge in [-0.2, -0.15) is 0 Å². The van der Waals surface area contributed by atoms with Crippen molar-refractivity contribution in [2.75, 3.05) is 13.6 Å². The van der Waals surface area contributed by atoms with Crippen molar-refractivity contribution in [3.8, 4) is 0 Å². The first-order valence-electron chi connectivity index (χ1n) is 8.41. The van der Waals surface area contributed by atoms with E-state index in [1.54, 1.807) is 0 Å². The van der Waals surface area contributed by atoms with Gasteiger partial charge >= 0.3 is 0 Å². The Morgan fingerprint density at radius 1 is 0.737 bits per heavy atom. The maximum Gasteiger partial charge on any atom is 0.119 e. The molecule has 0 bridgehead atoms. The summed E-state index contributed by atoms with van der Waals surface area (Å²) >= 11 is 0. The Kier molecular flexibility index (Phi) is 25.1. The maximum absolute atomic E-state index is 10.1. The van der Waals surface area contributed by atoms with E-state index < -0.39 is 0 Å². The average molecular weight is 271 g/mol. The van der Waals surface area contributed by atoms with Crippen molar-refractivity contribution in [3.63, 3.8) is 0 Å². The molecule has 0 aliphatic carbocycles. The van der Waals surface area contributed by atoms with Crippen LogP contribution in [0.15, 0.2) is 0 Å². The molecular formula is C17H37NO. The van der Waals surface area contributed by atoms with E-state index in [9.17, 15) is 4.79 Å². The van der Waals surface area contributed by atoms with Crippen molar-refractivity contribution in [3.05, 3.63) is 0 Å². The number of unbranched alkanes of at least 4 members (excludes halogenated alkanes) is 11. The van der Waals surface area contributed by atoms with Crippen molar-refractivity contribution < 1.29 is 4.79 Å². The Balaban J connectivity index is 0. The minimum atomic E-state index is 0.761. The van der Waals surface area contributed by atoms with Gasteiger partial charge in [-0.3, -0.25) is 0 Å². The summed E-state index contributed by atoms with van der Waals surface area (Å²) in [7, 11) is 1.93. The fourth-order valence-corrected chi connectivity index (χ4v) is 1.89. The molecule has 0 rings (SSSR count). The first kappa shape index (κ1) is 20.9. The van der Waals surface area contributed by atoms with Gasteiger partial charge < -0.3 is 10.1 Å². The van der Waals surface area contributed by atoms with Gasteiger partial charge in [-0.1, -0.05) is 78.1 Å². The Morgan fingerprint density at radius 2 is 1.11 bits per heavy atom. The lowest BCUT2D eigenvalue weighted by molar-refractivity contribution is -0.107. The molecule has 0 aromatic carbocycles. The molecule has 0 unspecified atom stereocenters. The third-order valence-electron chi connectivity index (χ3n) is 3.28. The summed E-state index contributed by atoms with van der Waals surface area (Å²) in [6, 6.07) is 0. The van der Waals surface area contributed by atoms with Crippen molar-refractivity contribution in [1.82, 2.24) is 5.32 Å². The molecule has 1 N–H and O–H groups in total. The highest BCUT2D eigenvalue weighted by Gasteiger charge is 1.92. The van der Waals surface area contributed by atoms with Gasteiger partial charge in [0.25, 0.3) is 0 Å².